The predicted molar refractivity (Wildman–Crippen MR) is 66.3 cm³/mol. The van der Waals surface area contributed by atoms with Crippen LogP contribution in [0, 0.1) is 6.92 Å². The smallest absolute Gasteiger partial charge is 0.235 e. The summed E-state index contributed by atoms with van der Waals surface area (Å²) in [5, 5.41) is 1.54. The average Bonchev–Trinajstić information content (AvgIpc) is 2.49. The molecule has 7 heteroatoms. The van der Waals surface area contributed by atoms with Crippen LogP contribution in [0.3, 0.4) is 0 Å². The van der Waals surface area contributed by atoms with E-state index in [1.165, 1.54) is 0 Å². The molecular weight excluding hydrogens is 282 g/mol. The molecule has 2 rings (SSSR count). The average molecular weight is 292 g/mol. The second kappa shape index (κ2) is 4.53. The van der Waals surface area contributed by atoms with Gasteiger partial charge in [0.15, 0.2) is 6.54 Å². The zero-order valence-corrected chi connectivity index (χ0v) is 11.4. The quantitative estimate of drug-likeness (QED) is 0.639. The molecule has 0 amide bonds. The molecule has 0 aliphatic carbocycles. The topological polar surface area (TPSA) is 61.1 Å². The van der Waals surface area contributed by atoms with Crippen molar-refractivity contribution in [1.29, 1.82) is 0 Å². The minimum atomic E-state index is -4.19. The van der Waals surface area contributed by atoms with Gasteiger partial charge in [-0.25, -0.2) is 8.42 Å². The fourth-order valence-electron chi connectivity index (χ4n) is 1.65. The molecule has 0 aliphatic heterocycles. The summed E-state index contributed by atoms with van der Waals surface area (Å²) in [7, 11) is -4.19. The Morgan fingerprint density at radius 1 is 1.47 bits per heavy atom. The molecule has 0 saturated heterocycles. The summed E-state index contributed by atoms with van der Waals surface area (Å²) in [6.07, 6.45) is 0. The van der Waals surface area contributed by atoms with Crippen LogP contribution in [0.2, 0.25) is 5.02 Å². The Bertz CT molecular complexity index is 663. The number of hydrogen-bond acceptors (Lipinski definition) is 4. The molecule has 1 aromatic heterocycles. The molecule has 0 radical (unpaired) electrons. The molecule has 0 unspecified atom stereocenters. The van der Waals surface area contributed by atoms with Crippen LogP contribution in [-0.4, -0.2) is 18.7 Å². The lowest BCUT2D eigenvalue weighted by Crippen LogP contribution is -2.38. The highest BCUT2D eigenvalue weighted by atomic mass is 35.5. The van der Waals surface area contributed by atoms with Gasteiger partial charge < -0.3 is 4.55 Å². The number of nitrogens with zero attached hydrogens (tertiary/aromatic N) is 1. The van der Waals surface area contributed by atoms with Crippen molar-refractivity contribution in [1.82, 2.24) is 0 Å². The molecule has 1 heterocycles. The lowest BCUT2D eigenvalue weighted by Gasteiger charge is -2.03. The normalized spacial score (nSPS) is 12.2. The number of aryl methyl sites for hydroxylation is 2. The van der Waals surface area contributed by atoms with E-state index in [0.29, 0.717) is 5.02 Å². The van der Waals surface area contributed by atoms with E-state index in [-0.39, 0.29) is 6.54 Å². The van der Waals surface area contributed by atoms with Gasteiger partial charge in [-0.05, 0) is 12.1 Å². The molecule has 0 fully saturated rings. The van der Waals surface area contributed by atoms with E-state index in [1.54, 1.807) is 28.0 Å². The highest BCUT2D eigenvalue weighted by molar-refractivity contribution is 7.85. The van der Waals surface area contributed by atoms with Crippen molar-refractivity contribution in [3.63, 3.8) is 0 Å². The van der Waals surface area contributed by atoms with Crippen molar-refractivity contribution >= 4 is 43.3 Å². The van der Waals surface area contributed by atoms with Gasteiger partial charge in [-0.15, -0.1) is 0 Å². The van der Waals surface area contributed by atoms with Crippen molar-refractivity contribution in [2.75, 3.05) is 5.75 Å². The highest BCUT2D eigenvalue weighted by Crippen LogP contribution is 2.23. The molecule has 0 saturated carbocycles. The van der Waals surface area contributed by atoms with Crippen molar-refractivity contribution in [3.05, 3.63) is 28.2 Å². The van der Waals surface area contributed by atoms with Crippen LogP contribution in [0.5, 0.6) is 0 Å². The zero-order chi connectivity index (χ0) is 12.6. The maximum atomic E-state index is 10.6. The lowest BCUT2D eigenvalue weighted by molar-refractivity contribution is -0.668. The van der Waals surface area contributed by atoms with Gasteiger partial charge in [0.05, 0.1) is 5.75 Å². The van der Waals surface area contributed by atoms with Gasteiger partial charge in [-0.1, -0.05) is 22.9 Å². The van der Waals surface area contributed by atoms with Crippen molar-refractivity contribution in [3.8, 4) is 0 Å². The van der Waals surface area contributed by atoms with Crippen molar-refractivity contribution in [2.45, 2.75) is 13.5 Å². The summed E-state index contributed by atoms with van der Waals surface area (Å²) in [5.74, 6) is -0.406. The first-order valence-corrected chi connectivity index (χ1v) is 7.66. The number of hydrogen-bond donors (Lipinski definition) is 0. The first-order chi connectivity index (χ1) is 7.87. The Morgan fingerprint density at radius 3 is 2.82 bits per heavy atom. The first-order valence-electron chi connectivity index (χ1n) is 4.89. The van der Waals surface area contributed by atoms with Gasteiger partial charge in [0, 0.05) is 18.0 Å². The van der Waals surface area contributed by atoms with Gasteiger partial charge in [-0.2, -0.15) is 4.57 Å². The first kappa shape index (κ1) is 12.8. The van der Waals surface area contributed by atoms with Crippen LogP contribution >= 0.6 is 22.9 Å². The third-order valence-corrected chi connectivity index (χ3v) is 4.41. The summed E-state index contributed by atoms with van der Waals surface area (Å²) in [6.45, 7) is 2.05. The van der Waals surface area contributed by atoms with Gasteiger partial charge in [0.2, 0.25) is 10.5 Å². The molecular formula is C10H10ClNO3S2. The van der Waals surface area contributed by atoms with Gasteiger partial charge in [-0.3, -0.25) is 0 Å². The molecule has 0 bridgehead atoms. The van der Waals surface area contributed by atoms with Gasteiger partial charge in [0.25, 0.3) is 0 Å². The number of fused-ring (bicyclic) bond motifs is 1. The van der Waals surface area contributed by atoms with Crippen molar-refractivity contribution in [2.24, 2.45) is 0 Å². The third kappa shape index (κ3) is 2.95. The fraction of sp³-hybridized carbons (Fsp3) is 0.300. The molecule has 92 valence electrons. The Balaban J connectivity index is 2.45. The van der Waals surface area contributed by atoms with Crippen molar-refractivity contribution < 1.29 is 17.5 Å². The van der Waals surface area contributed by atoms with E-state index >= 15 is 0 Å². The Labute approximate surface area is 108 Å². The predicted octanol–water partition coefficient (Wildman–Crippen LogP) is 1.70. The van der Waals surface area contributed by atoms with E-state index < -0.39 is 15.9 Å². The summed E-state index contributed by atoms with van der Waals surface area (Å²) >= 11 is 7.45. The van der Waals surface area contributed by atoms with E-state index in [0.717, 1.165) is 15.2 Å². The van der Waals surface area contributed by atoms with E-state index in [2.05, 4.69) is 0 Å². The van der Waals surface area contributed by atoms with Crippen LogP contribution in [0.15, 0.2) is 18.2 Å². The summed E-state index contributed by atoms with van der Waals surface area (Å²) in [5.41, 5.74) is 0.864. The van der Waals surface area contributed by atoms with Gasteiger partial charge >= 0.3 is 0 Å². The van der Waals surface area contributed by atoms with Crippen LogP contribution in [0.1, 0.15) is 5.01 Å². The maximum Gasteiger partial charge on any atom is 0.235 e. The number of benzene rings is 1. The molecule has 17 heavy (non-hydrogen) atoms. The molecule has 0 atom stereocenters. The monoisotopic (exact) mass is 291 g/mol. The van der Waals surface area contributed by atoms with E-state index in [4.69, 9.17) is 11.6 Å². The zero-order valence-electron chi connectivity index (χ0n) is 9.01. The van der Waals surface area contributed by atoms with E-state index in [9.17, 15) is 13.0 Å². The maximum absolute atomic E-state index is 10.6. The highest BCUT2D eigenvalue weighted by Gasteiger charge is 2.17. The number of thiazole rings is 1. The Kier molecular flexibility index (Phi) is 3.40. The Hall–Kier alpha value is -0.690. The number of aromatic nitrogens is 1. The van der Waals surface area contributed by atoms with Crippen LogP contribution in [-0.2, 0) is 16.7 Å². The SMILES string of the molecule is Cc1sc2ccc(Cl)cc2[n+]1CCS(=O)(=O)[O-]. The minimum absolute atomic E-state index is 0.165. The van der Waals surface area contributed by atoms with E-state index in [1.807, 2.05) is 13.0 Å². The molecule has 0 N–H and O–H groups in total. The molecule has 0 aliphatic rings. The molecule has 1 aromatic carbocycles. The van der Waals surface area contributed by atoms with Gasteiger partial charge in [0.1, 0.15) is 14.8 Å². The Morgan fingerprint density at radius 2 is 2.18 bits per heavy atom. The second-order valence-corrected chi connectivity index (χ2v) is 6.84. The summed E-state index contributed by atoms with van der Waals surface area (Å²) < 4.78 is 34.8. The van der Waals surface area contributed by atoms with Crippen LogP contribution < -0.4 is 4.57 Å². The molecule has 4 nitrogen and oxygen atoms in total. The summed E-state index contributed by atoms with van der Waals surface area (Å²) in [6, 6.07) is 5.45. The minimum Gasteiger partial charge on any atom is -0.748 e. The van der Waals surface area contributed by atoms with Crippen LogP contribution in [0.25, 0.3) is 10.2 Å². The standard InChI is InChI=1S/C10H10ClNO3S2/c1-7-12(4-5-17(13,14)15)9-6-8(11)2-3-10(9)16-7/h2-3,6H,4-5H2,1H3. The molecule has 2 aromatic rings. The van der Waals surface area contributed by atoms with Crippen LogP contribution in [0.4, 0.5) is 0 Å². The summed E-state index contributed by atoms with van der Waals surface area (Å²) in [4.78, 5) is 0. The molecule has 0 spiro atoms. The fourth-order valence-corrected chi connectivity index (χ4v) is 3.25. The number of halogens is 1. The largest absolute Gasteiger partial charge is 0.748 e. The second-order valence-electron chi connectivity index (χ2n) is 3.65. The third-order valence-electron chi connectivity index (χ3n) is 2.41. The lowest BCUT2D eigenvalue weighted by atomic mass is 10.3. The number of rotatable bonds is 3.